The van der Waals surface area contributed by atoms with Gasteiger partial charge in [-0.2, -0.15) is 5.10 Å². The van der Waals surface area contributed by atoms with Crippen LogP contribution in [0.2, 0.25) is 5.02 Å². The smallest absolute Gasteiger partial charge is 0.246 e. The topological polar surface area (TPSA) is 104 Å². The number of pyridine rings is 1. The fourth-order valence-corrected chi connectivity index (χ4v) is 4.86. The number of hydrogen-bond acceptors (Lipinski definition) is 6. The Kier molecular flexibility index (Phi) is 5.93. The fourth-order valence-electron chi connectivity index (χ4n) is 4.66. The number of imidazole rings is 1. The van der Waals surface area contributed by atoms with E-state index < -0.39 is 0 Å². The van der Waals surface area contributed by atoms with Crippen LogP contribution in [-0.2, 0) is 16.6 Å². The average molecular weight is 490 g/mol. The van der Waals surface area contributed by atoms with E-state index in [0.29, 0.717) is 47.1 Å². The summed E-state index contributed by atoms with van der Waals surface area (Å²) in [5.41, 5.74) is 9.93. The highest BCUT2D eigenvalue weighted by atomic mass is 35.5. The number of methoxy groups -OCH3 is 1. The maximum Gasteiger partial charge on any atom is 0.246 e. The number of aromatic nitrogens is 5. The summed E-state index contributed by atoms with van der Waals surface area (Å²) in [5, 5.41) is 6.01. The van der Waals surface area contributed by atoms with Crippen LogP contribution in [0, 0.1) is 11.8 Å². The summed E-state index contributed by atoms with van der Waals surface area (Å²) in [6.45, 7) is 4.54. The van der Waals surface area contributed by atoms with Gasteiger partial charge in [0.2, 0.25) is 5.91 Å². The molecule has 2 N–H and O–H groups in total. The van der Waals surface area contributed by atoms with Crippen LogP contribution in [0.15, 0.2) is 43.4 Å². The third kappa shape index (κ3) is 4.01. The Morgan fingerprint density at radius 3 is 2.94 bits per heavy atom. The van der Waals surface area contributed by atoms with Crippen molar-refractivity contribution in [2.75, 3.05) is 26.0 Å². The number of aryl methyl sites for hydroxylation is 1. The Hall–Kier alpha value is -3.87. The monoisotopic (exact) mass is 489 g/mol. The predicted molar refractivity (Wildman–Crippen MR) is 135 cm³/mol. The van der Waals surface area contributed by atoms with Crippen molar-refractivity contribution in [1.82, 2.24) is 29.2 Å². The fraction of sp³-hybridized carbons (Fsp3) is 0.280. The maximum atomic E-state index is 12.4. The number of fused-ring (bicyclic) bond motifs is 2. The molecule has 10 heteroatoms. The number of carbonyl (C=O) groups is 1. The molecule has 0 radical (unpaired) electrons. The molecule has 0 bridgehead atoms. The highest BCUT2D eigenvalue weighted by Gasteiger charge is 2.36. The molecular formula is C25H24ClN7O2. The van der Waals surface area contributed by atoms with Crippen molar-refractivity contribution in [3.63, 3.8) is 0 Å². The standard InChI is InChI=1S/C25H24ClN7O2/c1-4-23(34)32-12-16(10-17(32)13-35-3)33-21-7-8-28-25(27)24(21)19(30-33)6-5-15-9-20-22(11-18(15)26)31(2)14-29-20/h4,7-9,11,14,16-17H,1,10,12-13H2,2-3H3,(H2,27,28)/t16-,17+/m0/s1. The minimum atomic E-state index is -0.133. The summed E-state index contributed by atoms with van der Waals surface area (Å²) in [7, 11) is 3.54. The van der Waals surface area contributed by atoms with Crippen molar-refractivity contribution in [3.8, 4) is 11.8 Å². The van der Waals surface area contributed by atoms with Gasteiger partial charge in [0, 0.05) is 32.5 Å². The summed E-state index contributed by atoms with van der Waals surface area (Å²) >= 11 is 6.50. The first kappa shape index (κ1) is 22.9. The Balaban J connectivity index is 1.57. The highest BCUT2D eigenvalue weighted by Crippen LogP contribution is 2.33. The van der Waals surface area contributed by atoms with E-state index in [9.17, 15) is 4.79 Å². The minimum absolute atomic E-state index is 0.0765. The van der Waals surface area contributed by atoms with Gasteiger partial charge in [-0.1, -0.05) is 24.1 Å². The second-order valence-corrected chi connectivity index (χ2v) is 8.91. The number of likely N-dealkylation sites (tertiary alicyclic amines) is 1. The normalized spacial score (nSPS) is 17.6. The number of rotatable bonds is 4. The van der Waals surface area contributed by atoms with Gasteiger partial charge in [0.15, 0.2) is 0 Å². The predicted octanol–water partition coefficient (Wildman–Crippen LogP) is 2.93. The lowest BCUT2D eigenvalue weighted by atomic mass is 10.1. The van der Waals surface area contributed by atoms with Gasteiger partial charge in [-0.25, -0.2) is 9.97 Å². The van der Waals surface area contributed by atoms with Gasteiger partial charge in [-0.3, -0.25) is 9.48 Å². The summed E-state index contributed by atoms with van der Waals surface area (Å²) < 4.78 is 9.14. The van der Waals surface area contributed by atoms with Crippen molar-refractivity contribution >= 4 is 45.3 Å². The number of nitrogen functional groups attached to an aromatic ring is 1. The number of benzene rings is 1. The summed E-state index contributed by atoms with van der Waals surface area (Å²) in [6.07, 6.45) is 5.39. The maximum absolute atomic E-state index is 12.4. The minimum Gasteiger partial charge on any atom is -0.383 e. The van der Waals surface area contributed by atoms with Gasteiger partial charge in [0.25, 0.3) is 0 Å². The molecule has 1 aromatic carbocycles. The Bertz CT molecular complexity index is 1530. The van der Waals surface area contributed by atoms with Crippen molar-refractivity contribution in [3.05, 3.63) is 59.7 Å². The van der Waals surface area contributed by atoms with E-state index >= 15 is 0 Å². The van der Waals surface area contributed by atoms with E-state index in [2.05, 4.69) is 28.4 Å². The number of amides is 1. The number of ether oxygens (including phenoxy) is 1. The SMILES string of the molecule is C=CC(=O)N1C[C@@H](n2nc(C#Cc3cc4ncn(C)c4cc3Cl)c3c(N)nccc32)C[C@@H]1COC. The van der Waals surface area contributed by atoms with Gasteiger partial charge in [-0.15, -0.1) is 0 Å². The van der Waals surface area contributed by atoms with E-state index in [-0.39, 0.29) is 18.0 Å². The van der Waals surface area contributed by atoms with Crippen LogP contribution < -0.4 is 5.73 Å². The Morgan fingerprint density at radius 1 is 1.34 bits per heavy atom. The van der Waals surface area contributed by atoms with E-state index in [0.717, 1.165) is 16.6 Å². The second-order valence-electron chi connectivity index (χ2n) is 8.50. The summed E-state index contributed by atoms with van der Waals surface area (Å²) in [5.74, 6) is 6.48. The van der Waals surface area contributed by atoms with Crippen LogP contribution >= 0.6 is 11.6 Å². The molecule has 1 amide bonds. The first-order valence-corrected chi connectivity index (χ1v) is 11.5. The zero-order valence-electron chi connectivity index (χ0n) is 19.4. The number of hydrogen-bond donors (Lipinski definition) is 1. The molecule has 1 saturated heterocycles. The van der Waals surface area contributed by atoms with E-state index in [1.165, 1.54) is 6.08 Å². The van der Waals surface area contributed by atoms with Crippen molar-refractivity contribution in [2.45, 2.75) is 18.5 Å². The highest BCUT2D eigenvalue weighted by molar-refractivity contribution is 6.32. The van der Waals surface area contributed by atoms with Gasteiger partial charge >= 0.3 is 0 Å². The molecule has 4 aromatic rings. The van der Waals surface area contributed by atoms with Gasteiger partial charge < -0.3 is 19.9 Å². The molecule has 178 valence electrons. The van der Waals surface area contributed by atoms with Crippen LogP contribution in [0.1, 0.15) is 23.7 Å². The lowest BCUT2D eigenvalue weighted by molar-refractivity contribution is -0.127. The summed E-state index contributed by atoms with van der Waals surface area (Å²) in [6, 6.07) is 5.41. The molecule has 0 spiro atoms. The number of nitrogens with zero attached hydrogens (tertiary/aromatic N) is 6. The molecule has 0 unspecified atom stereocenters. The van der Waals surface area contributed by atoms with Crippen LogP contribution in [0.4, 0.5) is 5.82 Å². The van der Waals surface area contributed by atoms with Crippen molar-refractivity contribution in [1.29, 1.82) is 0 Å². The molecular weight excluding hydrogens is 466 g/mol. The zero-order chi connectivity index (χ0) is 24.7. The third-order valence-electron chi connectivity index (χ3n) is 6.33. The zero-order valence-corrected chi connectivity index (χ0v) is 20.2. The van der Waals surface area contributed by atoms with Crippen molar-refractivity contribution in [2.24, 2.45) is 7.05 Å². The van der Waals surface area contributed by atoms with Crippen LogP contribution in [0.3, 0.4) is 0 Å². The first-order valence-electron chi connectivity index (χ1n) is 11.1. The van der Waals surface area contributed by atoms with E-state index in [1.54, 1.807) is 24.5 Å². The number of anilines is 1. The van der Waals surface area contributed by atoms with Crippen LogP contribution in [0.5, 0.6) is 0 Å². The van der Waals surface area contributed by atoms with E-state index in [4.69, 9.17) is 27.2 Å². The molecule has 4 heterocycles. The lowest BCUT2D eigenvalue weighted by Gasteiger charge is -2.22. The van der Waals surface area contributed by atoms with Crippen molar-refractivity contribution < 1.29 is 9.53 Å². The molecule has 2 atom stereocenters. The molecule has 9 nitrogen and oxygen atoms in total. The van der Waals surface area contributed by atoms with Gasteiger partial charge in [-0.05, 0) is 36.6 Å². The van der Waals surface area contributed by atoms with Crippen LogP contribution in [-0.4, -0.2) is 61.4 Å². The number of nitrogens with two attached hydrogens (primary N) is 1. The molecule has 0 saturated carbocycles. The molecule has 1 fully saturated rings. The second kappa shape index (κ2) is 9.06. The molecule has 5 rings (SSSR count). The molecule has 35 heavy (non-hydrogen) atoms. The molecule has 1 aliphatic rings. The Labute approximate surface area is 207 Å². The van der Waals surface area contributed by atoms with E-state index in [1.807, 2.05) is 34.5 Å². The molecule has 1 aliphatic heterocycles. The lowest BCUT2D eigenvalue weighted by Crippen LogP contribution is -2.37. The third-order valence-corrected chi connectivity index (χ3v) is 6.65. The van der Waals surface area contributed by atoms with Gasteiger partial charge in [0.1, 0.15) is 11.5 Å². The Morgan fingerprint density at radius 2 is 2.17 bits per heavy atom. The molecule has 0 aliphatic carbocycles. The van der Waals surface area contributed by atoms with Gasteiger partial charge in [0.05, 0.1) is 52.0 Å². The number of carbonyl (C=O) groups excluding carboxylic acids is 1. The number of halogens is 1. The summed E-state index contributed by atoms with van der Waals surface area (Å²) in [4.78, 5) is 22.8. The first-order chi connectivity index (χ1) is 16.9. The average Bonchev–Trinajstić information content (AvgIpc) is 3.54. The molecule has 3 aromatic heterocycles. The quantitative estimate of drug-likeness (QED) is 0.349. The largest absolute Gasteiger partial charge is 0.383 e. The van der Waals surface area contributed by atoms with Crippen LogP contribution in [0.25, 0.3) is 21.9 Å².